The summed E-state index contributed by atoms with van der Waals surface area (Å²) in [5.41, 5.74) is 2.43. The molecular formula is C11H12N2O. The van der Waals surface area contributed by atoms with Gasteiger partial charge in [0.15, 0.2) is 6.29 Å². The summed E-state index contributed by atoms with van der Waals surface area (Å²) < 4.78 is 0. The molecule has 0 aliphatic heterocycles. The highest BCUT2D eigenvalue weighted by Gasteiger charge is 2.11. The van der Waals surface area contributed by atoms with Crippen LogP contribution in [-0.4, -0.2) is 11.3 Å². The molecule has 3 nitrogen and oxygen atoms in total. The first-order valence-electron chi connectivity index (χ1n) is 4.47. The molecule has 0 aliphatic rings. The Balaban J connectivity index is 3.40. The average molecular weight is 188 g/mol. The molecule has 0 amide bonds. The zero-order chi connectivity index (χ0) is 10.7. The molecule has 1 aromatic rings. The van der Waals surface area contributed by atoms with Gasteiger partial charge in [-0.2, -0.15) is 5.26 Å². The van der Waals surface area contributed by atoms with E-state index in [1.165, 1.54) is 0 Å². The first-order chi connectivity index (χ1) is 6.60. The summed E-state index contributed by atoms with van der Waals surface area (Å²) in [6, 6.07) is 3.66. The minimum absolute atomic E-state index is 0.198. The largest absolute Gasteiger partial charge is 0.298 e. The minimum atomic E-state index is 0.198. The van der Waals surface area contributed by atoms with Gasteiger partial charge in [-0.15, -0.1) is 0 Å². The van der Waals surface area contributed by atoms with Crippen LogP contribution < -0.4 is 0 Å². The highest BCUT2D eigenvalue weighted by molar-refractivity contribution is 5.77. The number of carbonyl (C=O) groups excluding carboxylic acids is 1. The van der Waals surface area contributed by atoms with Crippen molar-refractivity contribution < 1.29 is 4.79 Å². The van der Waals surface area contributed by atoms with Crippen molar-refractivity contribution in [2.24, 2.45) is 0 Å². The van der Waals surface area contributed by atoms with Gasteiger partial charge in [0.25, 0.3) is 0 Å². The van der Waals surface area contributed by atoms with Gasteiger partial charge in [-0.25, -0.2) is 0 Å². The predicted molar refractivity (Wildman–Crippen MR) is 53.2 cm³/mol. The average Bonchev–Trinajstić information content (AvgIpc) is 2.17. The third-order valence-corrected chi connectivity index (χ3v) is 2.08. The van der Waals surface area contributed by atoms with Gasteiger partial charge < -0.3 is 0 Å². The van der Waals surface area contributed by atoms with Crippen molar-refractivity contribution in [1.82, 2.24) is 4.98 Å². The zero-order valence-electron chi connectivity index (χ0n) is 8.53. The van der Waals surface area contributed by atoms with Crippen LogP contribution in [0.5, 0.6) is 0 Å². The van der Waals surface area contributed by atoms with Crippen LogP contribution in [0, 0.1) is 18.3 Å². The van der Waals surface area contributed by atoms with E-state index in [9.17, 15) is 4.79 Å². The standard InChI is InChI=1S/C11H12N2O/c1-7(2)11-9(5-12)4-10(6-14)8(3)13-11/h4,6-7H,1-3H3. The van der Waals surface area contributed by atoms with Gasteiger partial charge in [-0.3, -0.25) is 9.78 Å². The molecule has 1 heterocycles. The maximum absolute atomic E-state index is 10.6. The second kappa shape index (κ2) is 4.01. The maximum Gasteiger partial charge on any atom is 0.151 e. The lowest BCUT2D eigenvalue weighted by atomic mass is 10.0. The summed E-state index contributed by atoms with van der Waals surface area (Å²) in [5.74, 6) is 0.198. The van der Waals surface area contributed by atoms with Gasteiger partial charge >= 0.3 is 0 Å². The van der Waals surface area contributed by atoms with Gasteiger partial charge in [-0.1, -0.05) is 13.8 Å². The van der Waals surface area contributed by atoms with E-state index < -0.39 is 0 Å². The molecule has 0 aliphatic carbocycles. The fourth-order valence-corrected chi connectivity index (χ4v) is 1.29. The minimum Gasteiger partial charge on any atom is -0.298 e. The van der Waals surface area contributed by atoms with Crippen molar-refractivity contribution in [3.8, 4) is 6.07 Å². The highest BCUT2D eigenvalue weighted by atomic mass is 16.1. The van der Waals surface area contributed by atoms with E-state index in [0.717, 1.165) is 12.0 Å². The van der Waals surface area contributed by atoms with Crippen molar-refractivity contribution in [2.45, 2.75) is 26.7 Å². The monoisotopic (exact) mass is 188 g/mol. The number of hydrogen-bond acceptors (Lipinski definition) is 3. The molecule has 0 N–H and O–H groups in total. The van der Waals surface area contributed by atoms with Crippen LogP contribution in [0.1, 0.15) is 47.1 Å². The molecule has 0 saturated carbocycles. The van der Waals surface area contributed by atoms with Crippen molar-refractivity contribution in [3.05, 3.63) is 28.6 Å². The zero-order valence-corrected chi connectivity index (χ0v) is 8.53. The van der Waals surface area contributed by atoms with Crippen molar-refractivity contribution in [2.75, 3.05) is 0 Å². The molecule has 3 heteroatoms. The van der Waals surface area contributed by atoms with E-state index in [-0.39, 0.29) is 5.92 Å². The molecule has 0 atom stereocenters. The predicted octanol–water partition coefficient (Wildman–Crippen LogP) is 2.20. The first-order valence-corrected chi connectivity index (χ1v) is 4.47. The molecular weight excluding hydrogens is 176 g/mol. The van der Waals surface area contributed by atoms with Gasteiger partial charge in [0.05, 0.1) is 11.3 Å². The summed E-state index contributed by atoms with van der Waals surface area (Å²) >= 11 is 0. The van der Waals surface area contributed by atoms with Crippen molar-refractivity contribution in [3.63, 3.8) is 0 Å². The molecule has 0 fully saturated rings. The van der Waals surface area contributed by atoms with Gasteiger partial charge in [0.2, 0.25) is 0 Å². The Morgan fingerprint density at radius 1 is 1.57 bits per heavy atom. The normalized spacial score (nSPS) is 9.93. The second-order valence-corrected chi connectivity index (χ2v) is 3.48. The highest BCUT2D eigenvalue weighted by Crippen LogP contribution is 2.18. The summed E-state index contributed by atoms with van der Waals surface area (Å²) in [6.07, 6.45) is 0.729. The number of aryl methyl sites for hydroxylation is 1. The van der Waals surface area contributed by atoms with Crippen LogP contribution in [0.2, 0.25) is 0 Å². The Hall–Kier alpha value is -1.69. The number of nitriles is 1. The van der Waals surface area contributed by atoms with E-state index in [1.807, 2.05) is 13.8 Å². The van der Waals surface area contributed by atoms with Crippen LogP contribution in [0.15, 0.2) is 6.07 Å². The van der Waals surface area contributed by atoms with E-state index in [4.69, 9.17) is 5.26 Å². The topological polar surface area (TPSA) is 53.8 Å². The summed E-state index contributed by atoms with van der Waals surface area (Å²) in [6.45, 7) is 5.73. The number of pyridine rings is 1. The Bertz CT molecular complexity index is 402. The van der Waals surface area contributed by atoms with Crippen molar-refractivity contribution >= 4 is 6.29 Å². The lowest BCUT2D eigenvalue weighted by Crippen LogP contribution is -2.02. The van der Waals surface area contributed by atoms with Crippen LogP contribution in [-0.2, 0) is 0 Å². The van der Waals surface area contributed by atoms with Gasteiger partial charge in [0, 0.05) is 11.3 Å². The molecule has 0 saturated heterocycles. The lowest BCUT2D eigenvalue weighted by molar-refractivity contribution is 0.112. The van der Waals surface area contributed by atoms with E-state index in [2.05, 4.69) is 11.1 Å². The number of rotatable bonds is 2. The first kappa shape index (κ1) is 10.4. The van der Waals surface area contributed by atoms with Gasteiger partial charge in [-0.05, 0) is 18.9 Å². The number of nitrogens with zero attached hydrogens (tertiary/aromatic N) is 2. The van der Waals surface area contributed by atoms with Gasteiger partial charge in [0.1, 0.15) is 6.07 Å². The van der Waals surface area contributed by atoms with Crippen LogP contribution >= 0.6 is 0 Å². The molecule has 1 rings (SSSR count). The maximum atomic E-state index is 10.6. The molecule has 1 aromatic heterocycles. The Labute approximate surface area is 83.4 Å². The fourth-order valence-electron chi connectivity index (χ4n) is 1.29. The van der Waals surface area contributed by atoms with E-state index in [0.29, 0.717) is 16.8 Å². The molecule has 14 heavy (non-hydrogen) atoms. The van der Waals surface area contributed by atoms with Crippen LogP contribution in [0.3, 0.4) is 0 Å². The summed E-state index contributed by atoms with van der Waals surface area (Å²) in [5, 5.41) is 8.87. The number of aldehydes is 1. The molecule has 0 radical (unpaired) electrons. The molecule has 0 aromatic carbocycles. The quantitative estimate of drug-likeness (QED) is 0.668. The van der Waals surface area contributed by atoms with E-state index >= 15 is 0 Å². The molecule has 0 spiro atoms. The molecule has 0 bridgehead atoms. The van der Waals surface area contributed by atoms with Crippen LogP contribution in [0.4, 0.5) is 0 Å². The third kappa shape index (κ3) is 1.80. The summed E-state index contributed by atoms with van der Waals surface area (Å²) in [7, 11) is 0. The fraction of sp³-hybridized carbons (Fsp3) is 0.364. The van der Waals surface area contributed by atoms with E-state index in [1.54, 1.807) is 13.0 Å². The number of carbonyl (C=O) groups is 1. The number of hydrogen-bond donors (Lipinski definition) is 0. The van der Waals surface area contributed by atoms with Crippen molar-refractivity contribution in [1.29, 1.82) is 5.26 Å². The second-order valence-electron chi connectivity index (χ2n) is 3.48. The smallest absolute Gasteiger partial charge is 0.151 e. The molecule has 72 valence electrons. The number of aromatic nitrogens is 1. The third-order valence-electron chi connectivity index (χ3n) is 2.08. The summed E-state index contributed by atoms with van der Waals surface area (Å²) in [4.78, 5) is 14.9. The lowest BCUT2D eigenvalue weighted by Gasteiger charge is -2.08. The SMILES string of the molecule is Cc1nc(C(C)C)c(C#N)cc1C=O. The van der Waals surface area contributed by atoms with Crippen LogP contribution in [0.25, 0.3) is 0 Å². The Morgan fingerprint density at radius 2 is 2.21 bits per heavy atom. The Morgan fingerprint density at radius 3 is 2.64 bits per heavy atom. The Kier molecular flexibility index (Phi) is 2.98. The molecule has 0 unspecified atom stereocenters.